The highest BCUT2D eigenvalue weighted by Gasteiger charge is 2.09. The van der Waals surface area contributed by atoms with Crippen LogP contribution in [0.4, 0.5) is 5.95 Å². The summed E-state index contributed by atoms with van der Waals surface area (Å²) in [6.45, 7) is 1.85. The van der Waals surface area contributed by atoms with Gasteiger partial charge in [-0.1, -0.05) is 12.1 Å². The van der Waals surface area contributed by atoms with E-state index in [-0.39, 0.29) is 11.7 Å². The van der Waals surface area contributed by atoms with E-state index in [1.165, 1.54) is 0 Å². The van der Waals surface area contributed by atoms with Gasteiger partial charge in [0.05, 0.1) is 5.69 Å². The van der Waals surface area contributed by atoms with Crippen molar-refractivity contribution >= 4 is 5.95 Å². The van der Waals surface area contributed by atoms with Gasteiger partial charge in [-0.2, -0.15) is 5.26 Å². The van der Waals surface area contributed by atoms with Crippen molar-refractivity contribution in [3.05, 3.63) is 36.0 Å². The van der Waals surface area contributed by atoms with E-state index in [1.807, 2.05) is 13.0 Å². The summed E-state index contributed by atoms with van der Waals surface area (Å²) in [5.41, 5.74) is 2.05. The number of aryl methyl sites for hydroxylation is 1. The second-order valence-corrected chi connectivity index (χ2v) is 3.48. The smallest absolute Gasteiger partial charge is 0.236 e. The summed E-state index contributed by atoms with van der Waals surface area (Å²) in [4.78, 5) is 8.15. The molecule has 1 heterocycles. The molecule has 5 nitrogen and oxygen atoms in total. The topological polar surface area (TPSA) is 81.8 Å². The first kappa shape index (κ1) is 10.9. The predicted molar refractivity (Wildman–Crippen MR) is 63.1 cm³/mol. The Morgan fingerprint density at radius 3 is 2.82 bits per heavy atom. The molecule has 0 amide bonds. The summed E-state index contributed by atoms with van der Waals surface area (Å²) in [6, 6.07) is 6.91. The van der Waals surface area contributed by atoms with Crippen molar-refractivity contribution < 1.29 is 5.11 Å². The van der Waals surface area contributed by atoms with E-state index in [0.717, 1.165) is 5.56 Å². The van der Waals surface area contributed by atoms with Crippen molar-refractivity contribution in [2.24, 2.45) is 0 Å². The van der Waals surface area contributed by atoms with Crippen LogP contribution in [0.3, 0.4) is 0 Å². The molecule has 5 heteroatoms. The molecule has 0 aliphatic heterocycles. The van der Waals surface area contributed by atoms with Crippen LogP contribution in [0.5, 0.6) is 5.75 Å². The number of phenols is 1. The van der Waals surface area contributed by atoms with Crippen LogP contribution in [0.1, 0.15) is 5.56 Å². The first-order valence-electron chi connectivity index (χ1n) is 4.99. The number of aromatic hydroxyl groups is 1. The van der Waals surface area contributed by atoms with Gasteiger partial charge in [0.1, 0.15) is 5.75 Å². The molecule has 0 fully saturated rings. The highest BCUT2D eigenvalue weighted by atomic mass is 16.3. The molecule has 17 heavy (non-hydrogen) atoms. The number of nitrogens with zero attached hydrogens (tertiary/aromatic N) is 3. The molecule has 2 rings (SSSR count). The maximum absolute atomic E-state index is 9.76. The molecular weight excluding hydrogens is 216 g/mol. The van der Waals surface area contributed by atoms with Gasteiger partial charge in [0.2, 0.25) is 5.95 Å². The quantitative estimate of drug-likeness (QED) is 0.605. The Balaban J connectivity index is 2.55. The standard InChI is InChI=1S/C12H10N4O/c1-8-6-14-12(15-7-13)16-11(8)9-4-2-3-5-10(9)17/h2-6,17H,1H3,(H,14,15,16). The Hall–Kier alpha value is -2.61. The van der Waals surface area contributed by atoms with E-state index in [1.54, 1.807) is 30.6 Å². The average Bonchev–Trinajstić information content (AvgIpc) is 2.33. The zero-order valence-electron chi connectivity index (χ0n) is 9.18. The molecule has 1 aromatic heterocycles. The molecule has 0 radical (unpaired) electrons. The number of para-hydroxylation sites is 1. The second kappa shape index (κ2) is 4.49. The number of benzene rings is 1. The Morgan fingerprint density at radius 1 is 1.35 bits per heavy atom. The number of nitrogens with one attached hydrogen (secondary N) is 1. The molecule has 0 bridgehead atoms. The van der Waals surface area contributed by atoms with Crippen LogP contribution >= 0.6 is 0 Å². The maximum Gasteiger partial charge on any atom is 0.236 e. The van der Waals surface area contributed by atoms with E-state index in [9.17, 15) is 5.11 Å². The largest absolute Gasteiger partial charge is 0.507 e. The van der Waals surface area contributed by atoms with Gasteiger partial charge in [0, 0.05) is 11.8 Å². The van der Waals surface area contributed by atoms with Gasteiger partial charge in [-0.15, -0.1) is 0 Å². The molecule has 0 atom stereocenters. The van der Waals surface area contributed by atoms with E-state index < -0.39 is 0 Å². The van der Waals surface area contributed by atoms with Crippen LogP contribution in [-0.4, -0.2) is 15.1 Å². The fourth-order valence-electron chi connectivity index (χ4n) is 1.50. The Kier molecular flexibility index (Phi) is 2.88. The van der Waals surface area contributed by atoms with Crippen molar-refractivity contribution in [1.82, 2.24) is 9.97 Å². The fourth-order valence-corrected chi connectivity index (χ4v) is 1.50. The summed E-state index contributed by atoms with van der Waals surface area (Å²) in [5.74, 6) is 0.369. The molecule has 84 valence electrons. The minimum absolute atomic E-state index is 0.150. The minimum Gasteiger partial charge on any atom is -0.507 e. The third-order valence-electron chi connectivity index (χ3n) is 2.30. The lowest BCUT2D eigenvalue weighted by atomic mass is 10.1. The first-order chi connectivity index (χ1) is 8.22. The molecule has 0 spiro atoms. The summed E-state index contributed by atoms with van der Waals surface area (Å²) in [6.07, 6.45) is 3.36. The molecule has 0 saturated heterocycles. The number of nitriles is 1. The Labute approximate surface area is 98.4 Å². The number of hydrogen-bond donors (Lipinski definition) is 2. The Morgan fingerprint density at radius 2 is 2.12 bits per heavy atom. The lowest BCUT2D eigenvalue weighted by Gasteiger charge is -2.07. The maximum atomic E-state index is 9.76. The normalized spacial score (nSPS) is 9.65. The molecule has 2 N–H and O–H groups in total. The van der Waals surface area contributed by atoms with Crippen molar-refractivity contribution in [3.8, 4) is 23.2 Å². The van der Waals surface area contributed by atoms with Gasteiger partial charge in [-0.25, -0.2) is 9.97 Å². The third-order valence-corrected chi connectivity index (χ3v) is 2.30. The van der Waals surface area contributed by atoms with Crippen LogP contribution in [0.2, 0.25) is 0 Å². The van der Waals surface area contributed by atoms with Crippen molar-refractivity contribution in [2.75, 3.05) is 5.32 Å². The van der Waals surface area contributed by atoms with Crippen LogP contribution in [0.15, 0.2) is 30.5 Å². The van der Waals surface area contributed by atoms with E-state index in [2.05, 4.69) is 15.3 Å². The lowest BCUT2D eigenvalue weighted by Crippen LogP contribution is -1.99. The van der Waals surface area contributed by atoms with E-state index in [4.69, 9.17) is 5.26 Å². The fraction of sp³-hybridized carbons (Fsp3) is 0.0833. The average molecular weight is 226 g/mol. The predicted octanol–water partition coefficient (Wildman–Crippen LogP) is 2.05. The van der Waals surface area contributed by atoms with Crippen molar-refractivity contribution in [3.63, 3.8) is 0 Å². The van der Waals surface area contributed by atoms with Gasteiger partial charge in [-0.05, 0) is 24.6 Å². The minimum atomic E-state index is 0.150. The highest BCUT2D eigenvalue weighted by Crippen LogP contribution is 2.29. The number of rotatable bonds is 2. The highest BCUT2D eigenvalue weighted by molar-refractivity contribution is 5.69. The third kappa shape index (κ3) is 2.16. The molecule has 0 aliphatic carbocycles. The molecule has 0 unspecified atom stereocenters. The zero-order chi connectivity index (χ0) is 12.3. The van der Waals surface area contributed by atoms with Crippen LogP contribution in [0, 0.1) is 18.4 Å². The summed E-state index contributed by atoms with van der Waals surface area (Å²) in [7, 11) is 0. The number of phenolic OH excluding ortho intramolecular Hbond substituents is 1. The number of anilines is 1. The van der Waals surface area contributed by atoms with Gasteiger partial charge < -0.3 is 5.11 Å². The Bertz CT molecular complexity index is 589. The summed E-state index contributed by atoms with van der Waals surface area (Å²) < 4.78 is 0. The molecular formula is C12H10N4O. The SMILES string of the molecule is Cc1cnc(NC#N)nc1-c1ccccc1O. The van der Waals surface area contributed by atoms with Crippen LogP contribution < -0.4 is 5.32 Å². The molecule has 0 aliphatic rings. The van der Waals surface area contributed by atoms with Gasteiger partial charge >= 0.3 is 0 Å². The van der Waals surface area contributed by atoms with Crippen LogP contribution in [0.25, 0.3) is 11.3 Å². The summed E-state index contributed by atoms with van der Waals surface area (Å²) in [5, 5.41) is 20.6. The monoisotopic (exact) mass is 226 g/mol. The second-order valence-electron chi connectivity index (χ2n) is 3.48. The first-order valence-corrected chi connectivity index (χ1v) is 4.99. The van der Waals surface area contributed by atoms with Gasteiger partial charge in [0.25, 0.3) is 0 Å². The van der Waals surface area contributed by atoms with Crippen LogP contribution in [-0.2, 0) is 0 Å². The molecule has 0 saturated carbocycles. The zero-order valence-corrected chi connectivity index (χ0v) is 9.18. The van der Waals surface area contributed by atoms with Crippen molar-refractivity contribution in [2.45, 2.75) is 6.92 Å². The summed E-state index contributed by atoms with van der Waals surface area (Å²) >= 11 is 0. The van der Waals surface area contributed by atoms with Crippen molar-refractivity contribution in [1.29, 1.82) is 5.26 Å². The van der Waals surface area contributed by atoms with Gasteiger partial charge in [0.15, 0.2) is 6.19 Å². The lowest BCUT2D eigenvalue weighted by molar-refractivity contribution is 0.477. The molecule has 1 aromatic carbocycles. The molecule has 2 aromatic rings. The van der Waals surface area contributed by atoms with E-state index in [0.29, 0.717) is 11.3 Å². The van der Waals surface area contributed by atoms with E-state index >= 15 is 0 Å². The van der Waals surface area contributed by atoms with Gasteiger partial charge in [-0.3, -0.25) is 5.32 Å². The number of hydrogen-bond acceptors (Lipinski definition) is 5. The number of aromatic nitrogens is 2.